The van der Waals surface area contributed by atoms with Crippen molar-refractivity contribution >= 4 is 16.6 Å². The lowest BCUT2D eigenvalue weighted by molar-refractivity contribution is -0.0218. The predicted molar refractivity (Wildman–Crippen MR) is 101 cm³/mol. The van der Waals surface area contributed by atoms with Crippen LogP contribution in [0.2, 0.25) is 0 Å². The number of hydrogen-bond acceptors (Lipinski definition) is 3. The molecule has 1 unspecified atom stereocenters. The Morgan fingerprint density at radius 3 is 2.40 bits per heavy atom. The summed E-state index contributed by atoms with van der Waals surface area (Å²) in [6, 6.07) is 5.14. The zero-order valence-corrected chi connectivity index (χ0v) is 16.2. The van der Waals surface area contributed by atoms with Crippen LogP contribution in [0.5, 0.6) is 0 Å². The van der Waals surface area contributed by atoms with Gasteiger partial charge in [-0.1, -0.05) is 20.8 Å². The molecule has 1 aromatic heterocycles. The van der Waals surface area contributed by atoms with Gasteiger partial charge in [0.15, 0.2) is 0 Å². The standard InChI is InChI=1S/C20H31FN2O2/c1-13(11-25-19(2,3)4)10-23-17-9-15(21)16(22)7-14(17)8-18(23)20(5,6)12-24/h7-9,13,24H,10-12,22H2,1-6H3. The van der Waals surface area contributed by atoms with Gasteiger partial charge < -0.3 is 20.1 Å². The maximum Gasteiger partial charge on any atom is 0.148 e. The maximum absolute atomic E-state index is 14.0. The lowest BCUT2D eigenvalue weighted by atomic mass is 9.90. The molecule has 0 spiro atoms. The van der Waals surface area contributed by atoms with Crippen LogP contribution in [0, 0.1) is 11.7 Å². The van der Waals surface area contributed by atoms with Crippen LogP contribution in [0.15, 0.2) is 18.2 Å². The minimum absolute atomic E-state index is 0.00809. The highest BCUT2D eigenvalue weighted by Gasteiger charge is 2.26. The van der Waals surface area contributed by atoms with Gasteiger partial charge >= 0.3 is 0 Å². The van der Waals surface area contributed by atoms with Gasteiger partial charge in [0.2, 0.25) is 0 Å². The number of aromatic nitrogens is 1. The van der Waals surface area contributed by atoms with Crippen LogP contribution in [0.4, 0.5) is 10.1 Å². The van der Waals surface area contributed by atoms with E-state index in [1.807, 2.05) is 40.7 Å². The summed E-state index contributed by atoms with van der Waals surface area (Å²) < 4.78 is 22.0. The molecule has 1 aromatic carbocycles. The first-order chi connectivity index (χ1) is 11.4. The van der Waals surface area contributed by atoms with Gasteiger partial charge in [-0.25, -0.2) is 4.39 Å². The van der Waals surface area contributed by atoms with Crippen LogP contribution >= 0.6 is 0 Å². The van der Waals surface area contributed by atoms with Crippen LogP contribution in [-0.4, -0.2) is 28.5 Å². The quantitative estimate of drug-likeness (QED) is 0.772. The van der Waals surface area contributed by atoms with Crippen LogP contribution in [0.1, 0.15) is 47.2 Å². The number of benzene rings is 1. The highest BCUT2D eigenvalue weighted by molar-refractivity contribution is 5.85. The number of aliphatic hydroxyl groups excluding tert-OH is 1. The highest BCUT2D eigenvalue weighted by atomic mass is 19.1. The van der Waals surface area contributed by atoms with Gasteiger partial charge in [-0.2, -0.15) is 0 Å². The third kappa shape index (κ3) is 4.53. The fourth-order valence-electron chi connectivity index (χ4n) is 2.90. The first-order valence-corrected chi connectivity index (χ1v) is 8.78. The minimum atomic E-state index is -0.436. The first-order valence-electron chi connectivity index (χ1n) is 8.78. The Hall–Kier alpha value is -1.59. The predicted octanol–water partition coefficient (Wildman–Crippen LogP) is 4.08. The van der Waals surface area contributed by atoms with Gasteiger partial charge in [0.05, 0.1) is 30.0 Å². The van der Waals surface area contributed by atoms with Gasteiger partial charge in [0.25, 0.3) is 0 Å². The number of nitrogens with two attached hydrogens (primary N) is 1. The fraction of sp³-hybridized carbons (Fsp3) is 0.600. The Morgan fingerprint density at radius 2 is 1.84 bits per heavy atom. The average molecular weight is 350 g/mol. The molecule has 140 valence electrons. The molecule has 0 fully saturated rings. The second-order valence-electron chi connectivity index (χ2n) is 8.64. The topological polar surface area (TPSA) is 60.4 Å². The van der Waals surface area contributed by atoms with E-state index >= 15 is 0 Å². The van der Waals surface area contributed by atoms with E-state index in [0.29, 0.717) is 13.2 Å². The van der Waals surface area contributed by atoms with Crippen molar-refractivity contribution in [1.82, 2.24) is 4.57 Å². The van der Waals surface area contributed by atoms with Crippen LogP contribution < -0.4 is 5.73 Å². The molecular weight excluding hydrogens is 319 g/mol. The molecule has 0 saturated carbocycles. The highest BCUT2D eigenvalue weighted by Crippen LogP contribution is 2.32. The van der Waals surface area contributed by atoms with Crippen LogP contribution in [0.3, 0.4) is 0 Å². The average Bonchev–Trinajstić information content (AvgIpc) is 2.84. The molecule has 0 aliphatic rings. The van der Waals surface area contributed by atoms with Crippen molar-refractivity contribution < 1.29 is 14.2 Å². The largest absolute Gasteiger partial charge is 0.396 e. The van der Waals surface area contributed by atoms with Crippen molar-refractivity contribution in [2.75, 3.05) is 18.9 Å². The van der Waals surface area contributed by atoms with Crippen molar-refractivity contribution in [2.45, 2.75) is 59.1 Å². The summed E-state index contributed by atoms with van der Waals surface area (Å²) in [6.07, 6.45) is 0. The molecule has 5 heteroatoms. The summed E-state index contributed by atoms with van der Waals surface area (Å²) in [4.78, 5) is 0. The Balaban J connectivity index is 2.44. The van der Waals surface area contributed by atoms with Crippen molar-refractivity contribution in [1.29, 1.82) is 0 Å². The Bertz CT molecular complexity index is 744. The summed E-state index contributed by atoms with van der Waals surface area (Å²) >= 11 is 0. The summed E-state index contributed by atoms with van der Waals surface area (Å²) in [5.74, 6) is -0.178. The second kappa shape index (κ2) is 6.96. The maximum atomic E-state index is 14.0. The molecule has 25 heavy (non-hydrogen) atoms. The molecule has 1 heterocycles. The molecule has 2 rings (SSSR count). The summed E-state index contributed by atoms with van der Waals surface area (Å²) in [7, 11) is 0. The summed E-state index contributed by atoms with van der Waals surface area (Å²) in [6.45, 7) is 13.5. The van der Waals surface area contributed by atoms with E-state index in [9.17, 15) is 9.50 Å². The third-order valence-corrected chi connectivity index (χ3v) is 4.40. The van der Waals surface area contributed by atoms with Crippen LogP contribution in [0.25, 0.3) is 10.9 Å². The molecule has 0 amide bonds. The zero-order valence-electron chi connectivity index (χ0n) is 16.2. The van der Waals surface area contributed by atoms with Gasteiger partial charge in [0.1, 0.15) is 5.82 Å². The van der Waals surface area contributed by atoms with E-state index in [-0.39, 0.29) is 23.8 Å². The first kappa shape index (κ1) is 19.7. The number of rotatable bonds is 6. The normalized spacial score (nSPS) is 14.2. The van der Waals surface area contributed by atoms with E-state index in [0.717, 1.165) is 16.6 Å². The molecule has 0 aliphatic heterocycles. The number of aliphatic hydroxyl groups is 1. The molecule has 2 aromatic rings. The number of ether oxygens (including phenoxy) is 1. The minimum Gasteiger partial charge on any atom is -0.396 e. The Morgan fingerprint density at radius 1 is 1.20 bits per heavy atom. The van der Waals surface area contributed by atoms with Gasteiger partial charge in [-0.3, -0.25) is 0 Å². The van der Waals surface area contributed by atoms with Crippen LogP contribution in [-0.2, 0) is 16.7 Å². The van der Waals surface area contributed by atoms with E-state index < -0.39 is 11.2 Å². The molecule has 0 bridgehead atoms. The molecule has 4 nitrogen and oxygen atoms in total. The van der Waals surface area contributed by atoms with Crippen molar-refractivity contribution in [3.8, 4) is 0 Å². The number of fused-ring (bicyclic) bond motifs is 1. The molecule has 0 radical (unpaired) electrons. The van der Waals surface area contributed by atoms with E-state index in [1.54, 1.807) is 6.07 Å². The van der Waals surface area contributed by atoms with Crippen molar-refractivity contribution in [3.63, 3.8) is 0 Å². The van der Waals surface area contributed by atoms with Crippen molar-refractivity contribution in [3.05, 3.63) is 29.7 Å². The lowest BCUT2D eigenvalue weighted by Crippen LogP contribution is -2.29. The molecular formula is C20H31FN2O2. The SMILES string of the molecule is CC(COC(C)(C)C)Cn1c(C(C)(C)CO)cc2cc(N)c(F)cc21. The third-order valence-electron chi connectivity index (χ3n) is 4.40. The fourth-order valence-corrected chi connectivity index (χ4v) is 2.90. The van der Waals surface area contributed by atoms with E-state index in [4.69, 9.17) is 10.5 Å². The summed E-state index contributed by atoms with van der Waals surface area (Å²) in [5, 5.41) is 10.7. The molecule has 3 N–H and O–H groups in total. The smallest absolute Gasteiger partial charge is 0.148 e. The summed E-state index contributed by atoms with van der Waals surface area (Å²) in [5.41, 5.74) is 7.01. The van der Waals surface area contributed by atoms with Gasteiger partial charge in [-0.05, 0) is 38.8 Å². The van der Waals surface area contributed by atoms with E-state index in [2.05, 4.69) is 11.5 Å². The monoisotopic (exact) mass is 350 g/mol. The van der Waals surface area contributed by atoms with Gasteiger partial charge in [-0.15, -0.1) is 0 Å². The molecule has 0 saturated heterocycles. The Kier molecular flexibility index (Phi) is 5.50. The Labute approximate surface area is 149 Å². The molecule has 1 atom stereocenters. The number of nitrogen functional groups attached to an aromatic ring is 1. The zero-order chi connectivity index (χ0) is 19.0. The van der Waals surface area contributed by atoms with Gasteiger partial charge in [0, 0.05) is 29.1 Å². The number of hydrogen-bond donors (Lipinski definition) is 2. The lowest BCUT2D eigenvalue weighted by Gasteiger charge is -2.27. The number of anilines is 1. The van der Waals surface area contributed by atoms with Crippen molar-refractivity contribution in [2.24, 2.45) is 5.92 Å². The number of nitrogens with zero attached hydrogens (tertiary/aromatic N) is 1. The number of halogens is 1. The second-order valence-corrected chi connectivity index (χ2v) is 8.64. The van der Waals surface area contributed by atoms with E-state index in [1.165, 1.54) is 6.07 Å². The molecule has 0 aliphatic carbocycles.